The van der Waals surface area contributed by atoms with Crippen LogP contribution in [0, 0.1) is 21.7 Å². The Morgan fingerprint density at radius 2 is 1.70 bits per heavy atom. The van der Waals surface area contributed by atoms with Gasteiger partial charge in [0.25, 0.3) is 5.69 Å². The Bertz CT molecular complexity index is 609. The fraction of sp³-hybridized carbons (Fsp3) is 0.143. The zero-order chi connectivity index (χ0) is 14.7. The van der Waals surface area contributed by atoms with E-state index in [9.17, 15) is 18.9 Å². The van der Waals surface area contributed by atoms with Crippen LogP contribution in [0.25, 0.3) is 0 Å². The van der Waals surface area contributed by atoms with Crippen molar-refractivity contribution in [1.29, 1.82) is 0 Å². The average molecular weight is 278 g/mol. The second-order valence-corrected chi connectivity index (χ2v) is 4.32. The third-order valence-corrected chi connectivity index (χ3v) is 2.90. The van der Waals surface area contributed by atoms with Crippen LogP contribution in [0.3, 0.4) is 0 Å². The normalized spacial score (nSPS) is 11.9. The molecule has 0 amide bonds. The minimum atomic E-state index is -0.987. The SMILES string of the molecule is CC(Nc1c(F)cc([N+](=O)[O-])cc1F)c1ccccc1. The molecule has 2 rings (SSSR count). The van der Waals surface area contributed by atoms with Crippen molar-refractivity contribution in [3.63, 3.8) is 0 Å². The molecule has 1 N–H and O–H groups in total. The van der Waals surface area contributed by atoms with Crippen molar-refractivity contribution in [3.05, 3.63) is 69.8 Å². The van der Waals surface area contributed by atoms with Crippen LogP contribution in [0.4, 0.5) is 20.2 Å². The molecule has 6 heteroatoms. The summed E-state index contributed by atoms with van der Waals surface area (Å²) < 4.78 is 27.5. The Morgan fingerprint density at radius 3 is 2.20 bits per heavy atom. The lowest BCUT2D eigenvalue weighted by Crippen LogP contribution is -2.10. The Labute approximate surface area is 114 Å². The van der Waals surface area contributed by atoms with Crippen LogP contribution in [-0.2, 0) is 0 Å². The number of non-ortho nitro benzene ring substituents is 1. The molecule has 0 spiro atoms. The molecule has 0 saturated carbocycles. The second-order valence-electron chi connectivity index (χ2n) is 4.32. The first-order valence-corrected chi connectivity index (χ1v) is 5.94. The first-order valence-electron chi connectivity index (χ1n) is 5.94. The summed E-state index contributed by atoms with van der Waals surface area (Å²) in [6, 6.07) is 10.2. The van der Waals surface area contributed by atoms with Crippen LogP contribution in [0.15, 0.2) is 42.5 Å². The molecule has 0 aliphatic carbocycles. The number of hydrogen-bond acceptors (Lipinski definition) is 3. The van der Waals surface area contributed by atoms with E-state index in [-0.39, 0.29) is 11.7 Å². The van der Waals surface area contributed by atoms with Crippen molar-refractivity contribution in [1.82, 2.24) is 0 Å². The molecule has 0 saturated heterocycles. The first kappa shape index (κ1) is 13.9. The predicted molar refractivity (Wildman–Crippen MR) is 71.5 cm³/mol. The Morgan fingerprint density at radius 1 is 1.15 bits per heavy atom. The summed E-state index contributed by atoms with van der Waals surface area (Å²) in [6.07, 6.45) is 0. The average Bonchev–Trinajstić information content (AvgIpc) is 2.43. The van der Waals surface area contributed by atoms with Gasteiger partial charge in [0, 0.05) is 6.04 Å². The number of nitrogens with one attached hydrogen (secondary N) is 1. The first-order chi connectivity index (χ1) is 9.49. The molecule has 0 bridgehead atoms. The molecule has 0 fully saturated rings. The molecule has 0 aliphatic heterocycles. The van der Waals surface area contributed by atoms with Gasteiger partial charge in [-0.05, 0) is 12.5 Å². The molecular formula is C14H12F2N2O2. The van der Waals surface area contributed by atoms with Gasteiger partial charge in [-0.15, -0.1) is 0 Å². The summed E-state index contributed by atoms with van der Waals surface area (Å²) >= 11 is 0. The smallest absolute Gasteiger partial charge is 0.275 e. The fourth-order valence-corrected chi connectivity index (χ4v) is 1.84. The second kappa shape index (κ2) is 5.64. The molecule has 2 aromatic carbocycles. The summed E-state index contributed by atoms with van der Waals surface area (Å²) in [7, 11) is 0. The molecular weight excluding hydrogens is 266 g/mol. The number of benzene rings is 2. The number of nitro groups is 1. The van der Waals surface area contributed by atoms with Gasteiger partial charge in [0.15, 0.2) is 11.6 Å². The topological polar surface area (TPSA) is 55.2 Å². The van der Waals surface area contributed by atoms with Crippen LogP contribution in [0.1, 0.15) is 18.5 Å². The maximum absolute atomic E-state index is 13.7. The van der Waals surface area contributed by atoms with E-state index >= 15 is 0 Å². The van der Waals surface area contributed by atoms with Gasteiger partial charge in [0.1, 0.15) is 5.69 Å². The van der Waals surface area contributed by atoms with E-state index in [0.717, 1.165) is 5.56 Å². The van der Waals surface area contributed by atoms with Gasteiger partial charge in [0.2, 0.25) is 0 Å². The van der Waals surface area contributed by atoms with Gasteiger partial charge in [-0.2, -0.15) is 0 Å². The maximum atomic E-state index is 13.7. The highest BCUT2D eigenvalue weighted by Crippen LogP contribution is 2.28. The van der Waals surface area contributed by atoms with Gasteiger partial charge in [-0.25, -0.2) is 8.78 Å². The number of nitrogens with zero attached hydrogens (tertiary/aromatic N) is 1. The quantitative estimate of drug-likeness (QED) is 0.678. The molecule has 104 valence electrons. The lowest BCUT2D eigenvalue weighted by Gasteiger charge is -2.16. The van der Waals surface area contributed by atoms with Gasteiger partial charge < -0.3 is 5.32 Å². The van der Waals surface area contributed by atoms with Gasteiger partial charge in [-0.1, -0.05) is 30.3 Å². The largest absolute Gasteiger partial charge is 0.374 e. The highest BCUT2D eigenvalue weighted by atomic mass is 19.1. The number of rotatable bonds is 4. The highest BCUT2D eigenvalue weighted by molar-refractivity contribution is 5.52. The Balaban J connectivity index is 2.28. The molecule has 4 nitrogen and oxygen atoms in total. The van der Waals surface area contributed by atoms with E-state index in [0.29, 0.717) is 12.1 Å². The standard InChI is InChI=1S/C14H12F2N2O2/c1-9(10-5-3-2-4-6-10)17-14-12(15)7-11(18(19)20)8-13(14)16/h2-9,17H,1H3. The third-order valence-electron chi connectivity index (χ3n) is 2.90. The Kier molecular flexibility index (Phi) is 3.93. The molecule has 20 heavy (non-hydrogen) atoms. The third kappa shape index (κ3) is 2.90. The lowest BCUT2D eigenvalue weighted by molar-refractivity contribution is -0.385. The lowest BCUT2D eigenvalue weighted by atomic mass is 10.1. The Hall–Kier alpha value is -2.50. The minimum absolute atomic E-state index is 0.332. The summed E-state index contributed by atoms with van der Waals surface area (Å²) in [6.45, 7) is 1.75. The summed E-state index contributed by atoms with van der Waals surface area (Å²) in [5, 5.41) is 13.2. The van der Waals surface area contributed by atoms with Crippen LogP contribution in [0.5, 0.6) is 0 Å². The number of nitro benzene ring substituents is 1. The number of anilines is 1. The van der Waals surface area contributed by atoms with E-state index in [1.54, 1.807) is 6.92 Å². The minimum Gasteiger partial charge on any atom is -0.374 e. The molecule has 0 radical (unpaired) electrons. The van der Waals surface area contributed by atoms with Crippen LogP contribution in [0.2, 0.25) is 0 Å². The van der Waals surface area contributed by atoms with Gasteiger partial charge in [0.05, 0.1) is 17.1 Å². The van der Waals surface area contributed by atoms with Crippen molar-refractivity contribution in [2.24, 2.45) is 0 Å². The van der Waals surface area contributed by atoms with Crippen molar-refractivity contribution >= 4 is 11.4 Å². The summed E-state index contributed by atoms with van der Waals surface area (Å²) in [5.41, 5.74) is -0.130. The van der Waals surface area contributed by atoms with Gasteiger partial charge >= 0.3 is 0 Å². The molecule has 1 unspecified atom stereocenters. The van der Waals surface area contributed by atoms with Crippen LogP contribution in [-0.4, -0.2) is 4.92 Å². The van der Waals surface area contributed by atoms with Crippen LogP contribution >= 0.6 is 0 Å². The molecule has 2 aromatic rings. The van der Waals surface area contributed by atoms with E-state index in [1.165, 1.54) is 0 Å². The van der Waals surface area contributed by atoms with Crippen molar-refractivity contribution in [3.8, 4) is 0 Å². The molecule has 0 aromatic heterocycles. The summed E-state index contributed by atoms with van der Waals surface area (Å²) in [4.78, 5) is 9.68. The zero-order valence-electron chi connectivity index (χ0n) is 10.6. The predicted octanol–water partition coefficient (Wildman–Crippen LogP) is 4.05. The number of hydrogen-bond donors (Lipinski definition) is 1. The summed E-state index contributed by atoms with van der Waals surface area (Å²) in [5.74, 6) is -1.97. The molecule has 1 atom stereocenters. The van der Waals surface area contributed by atoms with Crippen molar-refractivity contribution in [2.45, 2.75) is 13.0 Å². The highest BCUT2D eigenvalue weighted by Gasteiger charge is 2.18. The van der Waals surface area contributed by atoms with Crippen molar-refractivity contribution in [2.75, 3.05) is 5.32 Å². The van der Waals surface area contributed by atoms with Gasteiger partial charge in [-0.3, -0.25) is 10.1 Å². The van der Waals surface area contributed by atoms with E-state index in [4.69, 9.17) is 0 Å². The van der Waals surface area contributed by atoms with Crippen LogP contribution < -0.4 is 5.32 Å². The zero-order valence-corrected chi connectivity index (χ0v) is 10.6. The molecule has 0 aliphatic rings. The van der Waals surface area contributed by atoms with E-state index < -0.39 is 22.2 Å². The van der Waals surface area contributed by atoms with Crippen molar-refractivity contribution < 1.29 is 13.7 Å². The van der Waals surface area contributed by atoms with E-state index in [1.807, 2.05) is 30.3 Å². The fourth-order valence-electron chi connectivity index (χ4n) is 1.84. The van der Waals surface area contributed by atoms with E-state index in [2.05, 4.69) is 5.32 Å². The molecule has 0 heterocycles. The maximum Gasteiger partial charge on any atom is 0.275 e. The monoisotopic (exact) mass is 278 g/mol. The number of halogens is 2.